The van der Waals surface area contributed by atoms with Crippen molar-refractivity contribution in [3.8, 4) is 0 Å². The predicted octanol–water partition coefficient (Wildman–Crippen LogP) is 2.40. The Labute approximate surface area is 97.4 Å². The number of carbonyl (C=O) groups is 1. The lowest BCUT2D eigenvalue weighted by Crippen LogP contribution is -2.34. The molecular weight excluding hydrogens is 200 g/mol. The molecule has 0 aromatic heterocycles. The standard InChI is InChI=1S/C14H22O2/c1-13(2)11-9(15)5-4-8-6-7-14(3,16)10(8)12(11)13/h8,10-12,16H,4-7H2,1-3H3/t8-,10-,11+,12?,14+/m1/s1. The van der Waals surface area contributed by atoms with Gasteiger partial charge in [0.2, 0.25) is 0 Å². The molecule has 3 aliphatic rings. The molecule has 0 amide bonds. The molecule has 0 saturated heterocycles. The Bertz CT molecular complexity index is 343. The molecule has 0 radical (unpaired) electrons. The number of Topliss-reactive ketones (excluding diaryl/α,β-unsaturated/α-hetero) is 1. The van der Waals surface area contributed by atoms with Gasteiger partial charge in [-0.15, -0.1) is 0 Å². The summed E-state index contributed by atoms with van der Waals surface area (Å²) in [6, 6.07) is 0. The number of fused-ring (bicyclic) bond motifs is 3. The number of ketones is 1. The fraction of sp³-hybridized carbons (Fsp3) is 0.929. The Morgan fingerprint density at radius 1 is 1.19 bits per heavy atom. The van der Waals surface area contributed by atoms with Crippen LogP contribution < -0.4 is 0 Å². The van der Waals surface area contributed by atoms with Gasteiger partial charge in [0.05, 0.1) is 5.60 Å². The summed E-state index contributed by atoms with van der Waals surface area (Å²) in [5.74, 6) is 2.12. The molecule has 1 unspecified atom stereocenters. The van der Waals surface area contributed by atoms with Gasteiger partial charge in [-0.25, -0.2) is 0 Å². The molecule has 0 aliphatic heterocycles. The van der Waals surface area contributed by atoms with Crippen LogP contribution in [0.5, 0.6) is 0 Å². The third-order valence-corrected chi connectivity index (χ3v) is 5.65. The fourth-order valence-corrected chi connectivity index (χ4v) is 4.78. The first-order valence-electron chi connectivity index (χ1n) is 6.61. The van der Waals surface area contributed by atoms with Crippen molar-refractivity contribution in [2.75, 3.05) is 0 Å². The molecule has 2 heteroatoms. The predicted molar refractivity (Wildman–Crippen MR) is 61.8 cm³/mol. The Morgan fingerprint density at radius 3 is 2.56 bits per heavy atom. The summed E-state index contributed by atoms with van der Waals surface area (Å²) in [7, 11) is 0. The van der Waals surface area contributed by atoms with E-state index in [0.29, 0.717) is 23.5 Å². The van der Waals surface area contributed by atoms with Crippen molar-refractivity contribution in [1.82, 2.24) is 0 Å². The number of rotatable bonds is 0. The maximum atomic E-state index is 12.0. The van der Waals surface area contributed by atoms with Gasteiger partial charge in [-0.3, -0.25) is 4.79 Å². The van der Waals surface area contributed by atoms with Crippen LogP contribution in [0.1, 0.15) is 46.5 Å². The Hall–Kier alpha value is -0.370. The van der Waals surface area contributed by atoms with E-state index in [2.05, 4.69) is 13.8 Å². The van der Waals surface area contributed by atoms with Crippen LogP contribution in [-0.2, 0) is 4.79 Å². The van der Waals surface area contributed by atoms with Gasteiger partial charge in [0.1, 0.15) is 5.78 Å². The summed E-state index contributed by atoms with van der Waals surface area (Å²) < 4.78 is 0. The molecule has 3 rings (SSSR count). The van der Waals surface area contributed by atoms with Gasteiger partial charge < -0.3 is 5.11 Å². The normalized spacial score (nSPS) is 54.1. The van der Waals surface area contributed by atoms with E-state index < -0.39 is 5.60 Å². The second-order valence-corrected chi connectivity index (χ2v) is 7.01. The summed E-state index contributed by atoms with van der Waals surface area (Å²) in [4.78, 5) is 12.0. The molecule has 90 valence electrons. The van der Waals surface area contributed by atoms with Crippen LogP contribution >= 0.6 is 0 Å². The molecule has 0 aromatic rings. The largest absolute Gasteiger partial charge is 0.390 e. The highest BCUT2D eigenvalue weighted by atomic mass is 16.3. The molecule has 0 bridgehead atoms. The second kappa shape index (κ2) is 2.90. The zero-order chi connectivity index (χ0) is 11.7. The summed E-state index contributed by atoms with van der Waals surface area (Å²) in [5.41, 5.74) is -0.374. The van der Waals surface area contributed by atoms with Crippen LogP contribution in [0.25, 0.3) is 0 Å². The van der Waals surface area contributed by atoms with Gasteiger partial charge in [-0.2, -0.15) is 0 Å². The van der Waals surface area contributed by atoms with Gasteiger partial charge in [0.15, 0.2) is 0 Å². The maximum Gasteiger partial charge on any atom is 0.136 e. The summed E-state index contributed by atoms with van der Waals surface area (Å²) >= 11 is 0. The van der Waals surface area contributed by atoms with Crippen LogP contribution in [0.15, 0.2) is 0 Å². The molecule has 5 atom stereocenters. The van der Waals surface area contributed by atoms with Crippen LogP contribution in [0.3, 0.4) is 0 Å². The van der Waals surface area contributed by atoms with Gasteiger partial charge in [0, 0.05) is 12.3 Å². The van der Waals surface area contributed by atoms with Crippen molar-refractivity contribution in [2.24, 2.45) is 29.1 Å². The van der Waals surface area contributed by atoms with E-state index >= 15 is 0 Å². The Balaban J connectivity index is 1.97. The Morgan fingerprint density at radius 2 is 1.88 bits per heavy atom. The van der Waals surface area contributed by atoms with Crippen molar-refractivity contribution in [3.05, 3.63) is 0 Å². The number of hydrogen-bond acceptors (Lipinski definition) is 2. The first kappa shape index (κ1) is 10.8. The van der Waals surface area contributed by atoms with E-state index in [-0.39, 0.29) is 11.3 Å². The summed E-state index contributed by atoms with van der Waals surface area (Å²) in [6.45, 7) is 6.40. The minimum absolute atomic E-state index is 0.148. The van der Waals surface area contributed by atoms with Crippen LogP contribution in [0.4, 0.5) is 0 Å². The van der Waals surface area contributed by atoms with Crippen LogP contribution in [0.2, 0.25) is 0 Å². The van der Waals surface area contributed by atoms with E-state index in [1.807, 2.05) is 6.92 Å². The molecule has 3 fully saturated rings. The molecule has 2 nitrogen and oxygen atoms in total. The van der Waals surface area contributed by atoms with Crippen molar-refractivity contribution in [3.63, 3.8) is 0 Å². The summed E-state index contributed by atoms with van der Waals surface area (Å²) in [6.07, 6.45) is 3.81. The van der Waals surface area contributed by atoms with E-state index in [4.69, 9.17) is 0 Å². The van der Waals surface area contributed by atoms with Crippen molar-refractivity contribution in [2.45, 2.75) is 52.1 Å². The topological polar surface area (TPSA) is 37.3 Å². The minimum Gasteiger partial charge on any atom is -0.390 e. The maximum absolute atomic E-state index is 12.0. The molecular formula is C14H22O2. The highest BCUT2D eigenvalue weighted by Crippen LogP contribution is 2.69. The lowest BCUT2D eigenvalue weighted by Gasteiger charge is -2.30. The van der Waals surface area contributed by atoms with Crippen LogP contribution in [0, 0.1) is 29.1 Å². The fourth-order valence-electron chi connectivity index (χ4n) is 4.78. The zero-order valence-electron chi connectivity index (χ0n) is 10.5. The minimum atomic E-state index is -0.522. The van der Waals surface area contributed by atoms with E-state index in [9.17, 15) is 9.90 Å². The van der Waals surface area contributed by atoms with Crippen molar-refractivity contribution in [1.29, 1.82) is 0 Å². The highest BCUT2D eigenvalue weighted by Gasteiger charge is 2.69. The van der Waals surface area contributed by atoms with E-state index in [1.165, 1.54) is 0 Å². The molecule has 0 heterocycles. The Kier molecular flexibility index (Phi) is 1.95. The number of carbonyl (C=O) groups excluding carboxylic acids is 1. The third-order valence-electron chi connectivity index (χ3n) is 5.65. The van der Waals surface area contributed by atoms with Gasteiger partial charge in [-0.05, 0) is 49.4 Å². The molecule has 3 saturated carbocycles. The molecule has 16 heavy (non-hydrogen) atoms. The highest BCUT2D eigenvalue weighted by molar-refractivity contribution is 5.85. The molecule has 1 N–H and O–H groups in total. The van der Waals surface area contributed by atoms with Gasteiger partial charge >= 0.3 is 0 Å². The first-order chi connectivity index (χ1) is 7.36. The second-order valence-electron chi connectivity index (χ2n) is 7.01. The molecule has 3 aliphatic carbocycles. The quantitative estimate of drug-likeness (QED) is 0.683. The van der Waals surface area contributed by atoms with E-state index in [0.717, 1.165) is 25.7 Å². The third kappa shape index (κ3) is 1.20. The number of aliphatic hydroxyl groups is 1. The average Bonchev–Trinajstić information content (AvgIpc) is 2.65. The lowest BCUT2D eigenvalue weighted by molar-refractivity contribution is -0.121. The monoisotopic (exact) mass is 222 g/mol. The SMILES string of the molecule is CC1(C)C2[C@@H]1C(=O)CC[C@@H]1CC[C@](C)(O)[C@@H]21. The smallest absolute Gasteiger partial charge is 0.136 e. The number of hydrogen-bond donors (Lipinski definition) is 1. The lowest BCUT2D eigenvalue weighted by atomic mass is 9.79. The summed E-state index contributed by atoms with van der Waals surface area (Å²) in [5, 5.41) is 10.5. The molecule has 0 spiro atoms. The first-order valence-corrected chi connectivity index (χ1v) is 6.61. The molecule has 0 aromatic carbocycles. The zero-order valence-corrected chi connectivity index (χ0v) is 10.5. The van der Waals surface area contributed by atoms with Gasteiger partial charge in [0.25, 0.3) is 0 Å². The van der Waals surface area contributed by atoms with Gasteiger partial charge in [-0.1, -0.05) is 13.8 Å². The van der Waals surface area contributed by atoms with E-state index in [1.54, 1.807) is 0 Å². The van der Waals surface area contributed by atoms with Crippen molar-refractivity contribution < 1.29 is 9.90 Å². The van der Waals surface area contributed by atoms with Crippen LogP contribution in [-0.4, -0.2) is 16.5 Å². The van der Waals surface area contributed by atoms with Crippen molar-refractivity contribution >= 4 is 5.78 Å². The average molecular weight is 222 g/mol.